The quantitative estimate of drug-likeness (QED) is 0.822. The SMILES string of the molecule is CC(NC(=O)C1(C(=O)O)CC1)c1ccc(F)c(F)c1. The second-order valence-corrected chi connectivity index (χ2v) is 4.76. The minimum atomic E-state index is -1.34. The summed E-state index contributed by atoms with van der Waals surface area (Å²) in [5.41, 5.74) is -0.958. The Kier molecular flexibility index (Phi) is 3.26. The van der Waals surface area contributed by atoms with E-state index >= 15 is 0 Å². The van der Waals surface area contributed by atoms with Crippen molar-refractivity contribution in [2.45, 2.75) is 25.8 Å². The summed E-state index contributed by atoms with van der Waals surface area (Å²) in [4.78, 5) is 22.8. The van der Waals surface area contributed by atoms with E-state index in [-0.39, 0.29) is 0 Å². The van der Waals surface area contributed by atoms with Crippen molar-refractivity contribution in [2.24, 2.45) is 5.41 Å². The van der Waals surface area contributed by atoms with Crippen LogP contribution in [0.2, 0.25) is 0 Å². The molecule has 2 rings (SSSR count). The third-order valence-electron chi connectivity index (χ3n) is 3.39. The summed E-state index contributed by atoms with van der Waals surface area (Å²) < 4.78 is 25.9. The molecule has 0 heterocycles. The van der Waals surface area contributed by atoms with Crippen LogP contribution in [0.5, 0.6) is 0 Å². The molecule has 0 aliphatic heterocycles. The van der Waals surface area contributed by atoms with Gasteiger partial charge in [-0.3, -0.25) is 9.59 Å². The van der Waals surface area contributed by atoms with Crippen LogP contribution in [-0.4, -0.2) is 17.0 Å². The Hall–Kier alpha value is -1.98. The minimum Gasteiger partial charge on any atom is -0.480 e. The molecule has 0 spiro atoms. The van der Waals surface area contributed by atoms with Crippen molar-refractivity contribution in [3.8, 4) is 0 Å². The summed E-state index contributed by atoms with van der Waals surface area (Å²) in [5.74, 6) is -3.70. The number of rotatable bonds is 4. The summed E-state index contributed by atoms with van der Waals surface area (Å²) in [7, 11) is 0. The van der Waals surface area contributed by atoms with Gasteiger partial charge in [0.15, 0.2) is 11.6 Å². The number of hydrogen-bond acceptors (Lipinski definition) is 2. The number of carbonyl (C=O) groups is 2. The van der Waals surface area contributed by atoms with Crippen molar-refractivity contribution in [2.75, 3.05) is 0 Å². The van der Waals surface area contributed by atoms with Gasteiger partial charge in [0.2, 0.25) is 5.91 Å². The second kappa shape index (κ2) is 4.60. The number of nitrogens with one attached hydrogen (secondary N) is 1. The third kappa shape index (κ3) is 2.43. The monoisotopic (exact) mass is 269 g/mol. The number of carboxylic acids is 1. The predicted molar refractivity (Wildman–Crippen MR) is 62.2 cm³/mol. The maximum absolute atomic E-state index is 13.1. The van der Waals surface area contributed by atoms with Crippen molar-refractivity contribution in [1.82, 2.24) is 5.32 Å². The maximum atomic E-state index is 13.1. The Bertz CT molecular complexity index is 541. The summed E-state index contributed by atoms with van der Waals surface area (Å²) >= 11 is 0. The number of carbonyl (C=O) groups excluding carboxylic acids is 1. The van der Waals surface area contributed by atoms with Gasteiger partial charge in [-0.25, -0.2) is 8.78 Å². The number of aliphatic carboxylic acids is 1. The maximum Gasteiger partial charge on any atom is 0.319 e. The smallest absolute Gasteiger partial charge is 0.319 e. The summed E-state index contributed by atoms with van der Waals surface area (Å²) in [5, 5.41) is 11.5. The van der Waals surface area contributed by atoms with Crippen molar-refractivity contribution in [3.05, 3.63) is 35.4 Å². The molecule has 1 aromatic carbocycles. The molecule has 1 unspecified atom stereocenters. The molecule has 0 radical (unpaired) electrons. The molecule has 4 nitrogen and oxygen atoms in total. The van der Waals surface area contributed by atoms with Gasteiger partial charge in [0, 0.05) is 0 Å². The van der Waals surface area contributed by atoms with Crippen LogP contribution in [0.3, 0.4) is 0 Å². The van der Waals surface area contributed by atoms with E-state index in [9.17, 15) is 18.4 Å². The zero-order chi connectivity index (χ0) is 14.2. The Morgan fingerprint density at radius 2 is 1.95 bits per heavy atom. The van der Waals surface area contributed by atoms with E-state index in [1.807, 2.05) is 0 Å². The highest BCUT2D eigenvalue weighted by Gasteiger charge is 2.57. The van der Waals surface area contributed by atoms with Gasteiger partial charge in [0.1, 0.15) is 5.41 Å². The van der Waals surface area contributed by atoms with Gasteiger partial charge < -0.3 is 10.4 Å². The molecule has 1 aliphatic carbocycles. The van der Waals surface area contributed by atoms with E-state index in [0.717, 1.165) is 12.1 Å². The van der Waals surface area contributed by atoms with Crippen LogP contribution in [0.4, 0.5) is 8.78 Å². The number of amides is 1. The van der Waals surface area contributed by atoms with Crippen LogP contribution in [0, 0.1) is 17.0 Å². The normalized spacial score (nSPS) is 17.6. The van der Waals surface area contributed by atoms with Gasteiger partial charge in [-0.15, -0.1) is 0 Å². The van der Waals surface area contributed by atoms with Crippen LogP contribution in [0.1, 0.15) is 31.4 Å². The van der Waals surface area contributed by atoms with Crippen molar-refractivity contribution >= 4 is 11.9 Å². The van der Waals surface area contributed by atoms with E-state index in [1.165, 1.54) is 6.07 Å². The highest BCUT2D eigenvalue weighted by molar-refractivity contribution is 6.04. The standard InChI is InChI=1S/C13H13F2NO3/c1-7(8-2-3-9(14)10(15)6-8)16-11(17)13(4-5-13)12(18)19/h2-3,6-7H,4-5H2,1H3,(H,16,17)(H,18,19). The molecular weight excluding hydrogens is 256 g/mol. The highest BCUT2D eigenvalue weighted by Crippen LogP contribution is 2.46. The minimum absolute atomic E-state index is 0.304. The van der Waals surface area contributed by atoms with Crippen LogP contribution in [0.15, 0.2) is 18.2 Å². The molecule has 1 fully saturated rings. The molecule has 102 valence electrons. The van der Waals surface area contributed by atoms with E-state index < -0.39 is 35.0 Å². The molecule has 0 aromatic heterocycles. The first-order chi connectivity index (χ1) is 8.86. The van der Waals surface area contributed by atoms with Crippen LogP contribution < -0.4 is 5.32 Å². The first-order valence-corrected chi connectivity index (χ1v) is 5.86. The lowest BCUT2D eigenvalue weighted by Crippen LogP contribution is -2.38. The molecule has 1 atom stereocenters. The van der Waals surface area contributed by atoms with Gasteiger partial charge in [0.25, 0.3) is 0 Å². The zero-order valence-electron chi connectivity index (χ0n) is 10.2. The second-order valence-electron chi connectivity index (χ2n) is 4.76. The molecule has 1 saturated carbocycles. The molecule has 0 saturated heterocycles. The topological polar surface area (TPSA) is 66.4 Å². The average molecular weight is 269 g/mol. The Morgan fingerprint density at radius 3 is 2.42 bits per heavy atom. The van der Waals surface area contributed by atoms with Crippen molar-refractivity contribution < 1.29 is 23.5 Å². The highest BCUT2D eigenvalue weighted by atomic mass is 19.2. The first kappa shape index (κ1) is 13.5. The summed E-state index contributed by atoms with van der Waals surface area (Å²) in [6.07, 6.45) is 0.608. The molecule has 1 aliphatic rings. The fourth-order valence-corrected chi connectivity index (χ4v) is 1.86. The predicted octanol–water partition coefficient (Wildman–Crippen LogP) is 2.01. The molecule has 6 heteroatoms. The summed E-state index contributed by atoms with van der Waals surface area (Å²) in [6, 6.07) is 2.72. The number of benzene rings is 1. The third-order valence-corrected chi connectivity index (χ3v) is 3.39. The first-order valence-electron chi connectivity index (χ1n) is 5.86. The Labute approximate surface area is 108 Å². The molecule has 1 aromatic rings. The van der Waals surface area contributed by atoms with E-state index in [2.05, 4.69) is 5.32 Å². The van der Waals surface area contributed by atoms with Crippen LogP contribution in [0.25, 0.3) is 0 Å². The molecule has 19 heavy (non-hydrogen) atoms. The van der Waals surface area contributed by atoms with Gasteiger partial charge >= 0.3 is 5.97 Å². The van der Waals surface area contributed by atoms with Crippen molar-refractivity contribution in [3.63, 3.8) is 0 Å². The average Bonchev–Trinajstić information content (AvgIpc) is 3.13. The largest absolute Gasteiger partial charge is 0.480 e. The van der Waals surface area contributed by atoms with E-state index in [4.69, 9.17) is 5.11 Å². The van der Waals surface area contributed by atoms with Gasteiger partial charge in [-0.2, -0.15) is 0 Å². The van der Waals surface area contributed by atoms with E-state index in [1.54, 1.807) is 6.92 Å². The number of halogens is 2. The zero-order valence-corrected chi connectivity index (χ0v) is 10.2. The fourth-order valence-electron chi connectivity index (χ4n) is 1.86. The van der Waals surface area contributed by atoms with Crippen LogP contribution >= 0.6 is 0 Å². The van der Waals surface area contributed by atoms with Gasteiger partial charge in [-0.05, 0) is 37.5 Å². The van der Waals surface area contributed by atoms with E-state index in [0.29, 0.717) is 18.4 Å². The lowest BCUT2D eigenvalue weighted by molar-refractivity contribution is -0.149. The molecule has 2 N–H and O–H groups in total. The Morgan fingerprint density at radius 1 is 1.32 bits per heavy atom. The molecular formula is C13H13F2NO3. The van der Waals surface area contributed by atoms with Gasteiger partial charge in [0.05, 0.1) is 6.04 Å². The fraction of sp³-hybridized carbons (Fsp3) is 0.385. The lowest BCUT2D eigenvalue weighted by atomic mass is 10.0. The number of hydrogen-bond donors (Lipinski definition) is 2. The lowest BCUT2D eigenvalue weighted by Gasteiger charge is -2.17. The van der Waals surface area contributed by atoms with Gasteiger partial charge in [-0.1, -0.05) is 6.07 Å². The van der Waals surface area contributed by atoms with Crippen LogP contribution in [-0.2, 0) is 9.59 Å². The molecule has 1 amide bonds. The van der Waals surface area contributed by atoms with Crippen molar-refractivity contribution in [1.29, 1.82) is 0 Å². The number of carboxylic acid groups (broad SMARTS) is 1. The Balaban J connectivity index is 2.09. The summed E-state index contributed by atoms with van der Waals surface area (Å²) in [6.45, 7) is 1.59. The molecule has 0 bridgehead atoms.